The van der Waals surface area contributed by atoms with E-state index in [-0.39, 0.29) is 24.1 Å². The molecule has 2 heterocycles. The van der Waals surface area contributed by atoms with E-state index < -0.39 is 6.09 Å². The molecular weight excluding hydrogens is 264 g/mol. The molecule has 0 spiro atoms. The molecule has 0 unspecified atom stereocenters. The normalized spacial score (nSPS) is 16.1. The zero-order chi connectivity index (χ0) is 14.5. The van der Waals surface area contributed by atoms with Crippen molar-refractivity contribution in [3.8, 4) is 0 Å². The standard InChI is InChI=1S/C12H18N4O4/c17-7-9-5-10(15-14-9)11(18)13-6-8-1-3-16(4-2-8)12(19)20/h5,8,17H,1-4,6-7H2,(H,13,18)(H,14,15)(H,19,20). The average Bonchev–Trinajstić information content (AvgIpc) is 2.94. The van der Waals surface area contributed by atoms with Gasteiger partial charge in [0.1, 0.15) is 5.69 Å². The second-order valence-corrected chi connectivity index (χ2v) is 4.86. The second-order valence-electron chi connectivity index (χ2n) is 4.86. The number of nitrogens with zero attached hydrogens (tertiary/aromatic N) is 2. The number of carbonyl (C=O) groups excluding carboxylic acids is 1. The van der Waals surface area contributed by atoms with Gasteiger partial charge in [0.25, 0.3) is 5.91 Å². The lowest BCUT2D eigenvalue weighted by Crippen LogP contribution is -2.40. The van der Waals surface area contributed by atoms with Crippen LogP contribution in [0.1, 0.15) is 29.0 Å². The third-order valence-electron chi connectivity index (χ3n) is 3.47. The highest BCUT2D eigenvalue weighted by molar-refractivity contribution is 5.92. The SMILES string of the molecule is O=C(NCC1CCN(C(=O)O)CC1)c1cc(CO)[nH]n1. The van der Waals surface area contributed by atoms with Crippen molar-refractivity contribution in [3.05, 3.63) is 17.5 Å². The van der Waals surface area contributed by atoms with Crippen molar-refractivity contribution in [1.82, 2.24) is 20.4 Å². The van der Waals surface area contributed by atoms with Crippen molar-refractivity contribution >= 4 is 12.0 Å². The maximum Gasteiger partial charge on any atom is 0.407 e. The Kier molecular flexibility index (Phi) is 4.57. The average molecular weight is 282 g/mol. The predicted octanol–water partition coefficient (Wildman–Crippen LogP) is 0.0218. The maximum atomic E-state index is 11.8. The Balaban J connectivity index is 1.75. The summed E-state index contributed by atoms with van der Waals surface area (Å²) in [6.07, 6.45) is 0.602. The Morgan fingerprint density at radius 3 is 2.70 bits per heavy atom. The lowest BCUT2D eigenvalue weighted by Gasteiger charge is -2.29. The molecular formula is C12H18N4O4. The van der Waals surface area contributed by atoms with Crippen LogP contribution in [-0.2, 0) is 6.61 Å². The van der Waals surface area contributed by atoms with Crippen molar-refractivity contribution < 1.29 is 19.8 Å². The fourth-order valence-corrected chi connectivity index (χ4v) is 2.21. The van der Waals surface area contributed by atoms with Gasteiger partial charge in [0.15, 0.2) is 0 Å². The third-order valence-corrected chi connectivity index (χ3v) is 3.47. The molecule has 20 heavy (non-hydrogen) atoms. The van der Waals surface area contributed by atoms with Crippen LogP contribution < -0.4 is 5.32 Å². The first-order valence-corrected chi connectivity index (χ1v) is 6.51. The number of piperidine rings is 1. The van der Waals surface area contributed by atoms with Gasteiger partial charge >= 0.3 is 6.09 Å². The number of H-pyrrole nitrogens is 1. The molecule has 1 saturated heterocycles. The van der Waals surface area contributed by atoms with Gasteiger partial charge in [-0.05, 0) is 24.8 Å². The Hall–Kier alpha value is -2.09. The van der Waals surface area contributed by atoms with Crippen LogP contribution in [0.3, 0.4) is 0 Å². The summed E-state index contributed by atoms with van der Waals surface area (Å²) in [7, 11) is 0. The van der Waals surface area contributed by atoms with E-state index in [0.717, 1.165) is 12.8 Å². The molecule has 0 aliphatic carbocycles. The molecule has 8 heteroatoms. The minimum Gasteiger partial charge on any atom is -0.465 e. The zero-order valence-corrected chi connectivity index (χ0v) is 11.0. The number of carbonyl (C=O) groups is 2. The molecule has 4 N–H and O–H groups in total. The first-order valence-electron chi connectivity index (χ1n) is 6.51. The lowest BCUT2D eigenvalue weighted by molar-refractivity contribution is 0.0924. The van der Waals surface area contributed by atoms with E-state index in [1.54, 1.807) is 0 Å². The Morgan fingerprint density at radius 2 is 2.15 bits per heavy atom. The van der Waals surface area contributed by atoms with Crippen molar-refractivity contribution in [2.45, 2.75) is 19.4 Å². The van der Waals surface area contributed by atoms with Gasteiger partial charge in [-0.3, -0.25) is 9.89 Å². The van der Waals surface area contributed by atoms with Crippen LogP contribution in [0.5, 0.6) is 0 Å². The minimum atomic E-state index is -0.888. The summed E-state index contributed by atoms with van der Waals surface area (Å²) in [4.78, 5) is 24.0. The van der Waals surface area contributed by atoms with Gasteiger partial charge in [0.05, 0.1) is 12.3 Å². The van der Waals surface area contributed by atoms with Gasteiger partial charge in [-0.1, -0.05) is 0 Å². The molecule has 0 bridgehead atoms. The smallest absolute Gasteiger partial charge is 0.407 e. The molecule has 2 rings (SSSR count). The number of hydrogen-bond acceptors (Lipinski definition) is 4. The monoisotopic (exact) mass is 282 g/mol. The van der Waals surface area contributed by atoms with Crippen LogP contribution in [0.4, 0.5) is 4.79 Å². The van der Waals surface area contributed by atoms with E-state index in [9.17, 15) is 9.59 Å². The molecule has 1 fully saturated rings. The number of nitrogens with one attached hydrogen (secondary N) is 2. The van der Waals surface area contributed by atoms with Gasteiger partial charge in [-0.25, -0.2) is 4.79 Å². The second kappa shape index (κ2) is 6.38. The van der Waals surface area contributed by atoms with Crippen LogP contribution in [0.25, 0.3) is 0 Å². The Morgan fingerprint density at radius 1 is 1.45 bits per heavy atom. The zero-order valence-electron chi connectivity index (χ0n) is 11.0. The number of rotatable bonds is 4. The van der Waals surface area contributed by atoms with Gasteiger partial charge in [0, 0.05) is 19.6 Å². The molecule has 110 valence electrons. The van der Waals surface area contributed by atoms with Gasteiger partial charge in [0.2, 0.25) is 0 Å². The fourth-order valence-electron chi connectivity index (χ4n) is 2.21. The lowest BCUT2D eigenvalue weighted by atomic mass is 9.97. The van der Waals surface area contributed by atoms with Crippen molar-refractivity contribution in [3.63, 3.8) is 0 Å². The van der Waals surface area contributed by atoms with Crippen LogP contribution >= 0.6 is 0 Å². The number of aliphatic hydroxyl groups is 1. The Bertz CT molecular complexity index is 480. The summed E-state index contributed by atoms with van der Waals surface area (Å²) in [5, 5.41) is 26.9. The van der Waals surface area contributed by atoms with Crippen molar-refractivity contribution in [1.29, 1.82) is 0 Å². The molecule has 0 aromatic carbocycles. The minimum absolute atomic E-state index is 0.187. The molecule has 0 radical (unpaired) electrons. The molecule has 1 aliphatic heterocycles. The summed E-state index contributed by atoms with van der Waals surface area (Å²) in [5.41, 5.74) is 0.738. The number of amides is 2. The van der Waals surface area contributed by atoms with Crippen LogP contribution in [0.15, 0.2) is 6.07 Å². The first-order chi connectivity index (χ1) is 9.60. The fraction of sp³-hybridized carbons (Fsp3) is 0.583. The van der Waals surface area contributed by atoms with Crippen LogP contribution in [-0.4, -0.2) is 56.9 Å². The molecule has 8 nitrogen and oxygen atoms in total. The van der Waals surface area contributed by atoms with E-state index in [4.69, 9.17) is 10.2 Å². The number of aliphatic hydroxyl groups excluding tert-OH is 1. The largest absolute Gasteiger partial charge is 0.465 e. The summed E-state index contributed by atoms with van der Waals surface area (Å²) in [6, 6.07) is 1.50. The predicted molar refractivity (Wildman–Crippen MR) is 69.2 cm³/mol. The summed E-state index contributed by atoms with van der Waals surface area (Å²) < 4.78 is 0. The number of aromatic nitrogens is 2. The topological polar surface area (TPSA) is 119 Å². The van der Waals surface area contributed by atoms with Crippen LogP contribution in [0.2, 0.25) is 0 Å². The Labute approximate surface area is 115 Å². The number of carboxylic acid groups (broad SMARTS) is 1. The number of aromatic amines is 1. The van der Waals surface area contributed by atoms with E-state index >= 15 is 0 Å². The summed E-state index contributed by atoms with van der Waals surface area (Å²) in [6.45, 7) is 1.33. The molecule has 0 saturated carbocycles. The van der Waals surface area contributed by atoms with E-state index in [1.807, 2.05) is 0 Å². The van der Waals surface area contributed by atoms with Crippen molar-refractivity contribution in [2.24, 2.45) is 5.92 Å². The first kappa shape index (κ1) is 14.3. The van der Waals surface area contributed by atoms with E-state index in [1.165, 1.54) is 11.0 Å². The van der Waals surface area contributed by atoms with Gasteiger partial charge in [-0.15, -0.1) is 0 Å². The highest BCUT2D eigenvalue weighted by Gasteiger charge is 2.22. The summed E-state index contributed by atoms with van der Waals surface area (Å²) >= 11 is 0. The molecule has 1 aromatic heterocycles. The number of likely N-dealkylation sites (tertiary alicyclic amines) is 1. The maximum absolute atomic E-state index is 11.8. The van der Waals surface area contributed by atoms with E-state index in [0.29, 0.717) is 25.3 Å². The van der Waals surface area contributed by atoms with E-state index in [2.05, 4.69) is 15.5 Å². The quantitative estimate of drug-likeness (QED) is 0.621. The number of hydrogen-bond donors (Lipinski definition) is 4. The highest BCUT2D eigenvalue weighted by Crippen LogP contribution is 2.16. The molecule has 2 amide bonds. The van der Waals surface area contributed by atoms with Gasteiger partial charge in [-0.2, -0.15) is 5.10 Å². The molecule has 0 atom stereocenters. The third kappa shape index (κ3) is 3.47. The highest BCUT2D eigenvalue weighted by atomic mass is 16.4. The molecule has 1 aliphatic rings. The summed E-state index contributed by atoms with van der Waals surface area (Å²) in [5.74, 6) is -0.00702. The molecule has 1 aromatic rings. The van der Waals surface area contributed by atoms with Gasteiger partial charge < -0.3 is 20.4 Å². The van der Waals surface area contributed by atoms with Crippen molar-refractivity contribution in [2.75, 3.05) is 19.6 Å². The van der Waals surface area contributed by atoms with Crippen LogP contribution in [0, 0.1) is 5.92 Å².